The van der Waals surface area contributed by atoms with E-state index in [1.54, 1.807) is 0 Å². The van der Waals surface area contributed by atoms with Crippen molar-refractivity contribution in [3.8, 4) is 0 Å². The normalized spacial score (nSPS) is 10.4. The fraction of sp³-hybridized carbons (Fsp3) is 0.250. The van der Waals surface area contributed by atoms with Crippen molar-refractivity contribution in [2.24, 2.45) is 0 Å². The Morgan fingerprint density at radius 2 is 1.00 bits per heavy atom. The SMILES string of the molecule is Cc1ccccc1CCc1ccccc1C. The van der Waals surface area contributed by atoms with Crippen molar-refractivity contribution in [1.82, 2.24) is 0 Å². The smallest absolute Gasteiger partial charge is 0.0236 e. The largest absolute Gasteiger partial charge is 0.0620 e. The molecule has 0 aromatic heterocycles. The predicted octanol–water partition coefficient (Wildman–Crippen LogP) is 4.09. The van der Waals surface area contributed by atoms with Crippen LogP contribution < -0.4 is 0 Å². The van der Waals surface area contributed by atoms with Crippen molar-refractivity contribution in [2.45, 2.75) is 26.7 Å². The molecule has 0 atom stereocenters. The number of hydrogen-bond donors (Lipinski definition) is 0. The molecule has 0 unspecified atom stereocenters. The number of rotatable bonds is 3. The first kappa shape index (κ1) is 10.9. The average molecular weight is 210 g/mol. The topological polar surface area (TPSA) is 0 Å². The highest BCUT2D eigenvalue weighted by atomic mass is 14.1. The summed E-state index contributed by atoms with van der Waals surface area (Å²) in [5.41, 5.74) is 5.73. The Labute approximate surface area is 97.9 Å². The molecule has 0 saturated carbocycles. The second kappa shape index (κ2) is 4.98. The fourth-order valence-electron chi connectivity index (χ4n) is 2.05. The van der Waals surface area contributed by atoms with Gasteiger partial charge in [0.2, 0.25) is 0 Å². The molecule has 0 aliphatic heterocycles. The first-order valence-corrected chi connectivity index (χ1v) is 5.86. The summed E-state index contributed by atoms with van der Waals surface area (Å²) in [7, 11) is 0. The van der Waals surface area contributed by atoms with Gasteiger partial charge < -0.3 is 0 Å². The molecule has 0 radical (unpaired) electrons. The van der Waals surface area contributed by atoms with Crippen molar-refractivity contribution < 1.29 is 0 Å². The van der Waals surface area contributed by atoms with E-state index >= 15 is 0 Å². The maximum Gasteiger partial charge on any atom is -0.0236 e. The first-order valence-electron chi connectivity index (χ1n) is 5.86. The van der Waals surface area contributed by atoms with Crippen LogP contribution in [0.4, 0.5) is 0 Å². The van der Waals surface area contributed by atoms with E-state index in [9.17, 15) is 0 Å². The minimum absolute atomic E-state index is 1.14. The highest BCUT2D eigenvalue weighted by Crippen LogP contribution is 2.13. The highest BCUT2D eigenvalue weighted by molar-refractivity contribution is 5.30. The van der Waals surface area contributed by atoms with E-state index in [1.165, 1.54) is 22.3 Å². The molecule has 0 N–H and O–H groups in total. The van der Waals surface area contributed by atoms with Crippen molar-refractivity contribution in [3.63, 3.8) is 0 Å². The average Bonchev–Trinajstić information content (AvgIpc) is 2.30. The third-order valence-electron chi connectivity index (χ3n) is 3.19. The predicted molar refractivity (Wildman–Crippen MR) is 69.8 cm³/mol. The van der Waals surface area contributed by atoms with Gasteiger partial charge in [0, 0.05) is 0 Å². The van der Waals surface area contributed by atoms with Gasteiger partial charge in [0.15, 0.2) is 0 Å². The van der Waals surface area contributed by atoms with Crippen LogP contribution in [0.5, 0.6) is 0 Å². The summed E-state index contributed by atoms with van der Waals surface area (Å²) < 4.78 is 0. The minimum atomic E-state index is 1.14. The van der Waals surface area contributed by atoms with Gasteiger partial charge in [-0.3, -0.25) is 0 Å². The molecule has 2 aromatic rings. The lowest BCUT2D eigenvalue weighted by Gasteiger charge is -2.07. The Kier molecular flexibility index (Phi) is 3.40. The number of aryl methyl sites for hydroxylation is 4. The summed E-state index contributed by atoms with van der Waals surface area (Å²) in [5, 5.41) is 0. The van der Waals surface area contributed by atoms with E-state index in [1.807, 2.05) is 0 Å². The summed E-state index contributed by atoms with van der Waals surface area (Å²) in [5.74, 6) is 0. The Hall–Kier alpha value is -1.56. The number of benzene rings is 2. The molecule has 0 spiro atoms. The van der Waals surface area contributed by atoms with Gasteiger partial charge in [0.05, 0.1) is 0 Å². The van der Waals surface area contributed by atoms with Gasteiger partial charge in [0.25, 0.3) is 0 Å². The Balaban J connectivity index is 2.09. The fourth-order valence-corrected chi connectivity index (χ4v) is 2.05. The zero-order chi connectivity index (χ0) is 11.4. The first-order chi connectivity index (χ1) is 7.77. The summed E-state index contributed by atoms with van der Waals surface area (Å²) in [6, 6.07) is 17.3. The minimum Gasteiger partial charge on any atom is -0.0620 e. The van der Waals surface area contributed by atoms with E-state index < -0.39 is 0 Å². The van der Waals surface area contributed by atoms with Crippen LogP contribution in [0, 0.1) is 13.8 Å². The Morgan fingerprint density at radius 1 is 0.625 bits per heavy atom. The van der Waals surface area contributed by atoms with Gasteiger partial charge in [-0.25, -0.2) is 0 Å². The third-order valence-corrected chi connectivity index (χ3v) is 3.19. The molecule has 0 heterocycles. The van der Waals surface area contributed by atoms with E-state index in [2.05, 4.69) is 62.4 Å². The zero-order valence-electron chi connectivity index (χ0n) is 10.0. The molecule has 0 bridgehead atoms. The maximum absolute atomic E-state index is 2.23. The lowest BCUT2D eigenvalue weighted by molar-refractivity contribution is 0.939. The molecule has 0 heteroatoms. The van der Waals surface area contributed by atoms with Crippen molar-refractivity contribution in [2.75, 3.05) is 0 Å². The van der Waals surface area contributed by atoms with E-state index in [0.717, 1.165) is 12.8 Å². The highest BCUT2D eigenvalue weighted by Gasteiger charge is 2.00. The van der Waals surface area contributed by atoms with Crippen molar-refractivity contribution >= 4 is 0 Å². The van der Waals surface area contributed by atoms with Gasteiger partial charge in [-0.05, 0) is 48.9 Å². The van der Waals surface area contributed by atoms with Gasteiger partial charge in [-0.2, -0.15) is 0 Å². The van der Waals surface area contributed by atoms with Crippen LogP contribution in [0.3, 0.4) is 0 Å². The van der Waals surface area contributed by atoms with Crippen LogP contribution >= 0.6 is 0 Å². The van der Waals surface area contributed by atoms with Crippen LogP contribution in [0.25, 0.3) is 0 Å². The van der Waals surface area contributed by atoms with Crippen LogP contribution in [0.1, 0.15) is 22.3 Å². The Bertz CT molecular complexity index is 423. The summed E-state index contributed by atoms with van der Waals surface area (Å²) >= 11 is 0. The van der Waals surface area contributed by atoms with Crippen molar-refractivity contribution in [1.29, 1.82) is 0 Å². The molecule has 0 nitrogen and oxygen atoms in total. The lowest BCUT2D eigenvalue weighted by atomic mass is 9.98. The van der Waals surface area contributed by atoms with Crippen LogP contribution in [-0.2, 0) is 12.8 Å². The molecule has 2 rings (SSSR count). The quantitative estimate of drug-likeness (QED) is 0.715. The zero-order valence-corrected chi connectivity index (χ0v) is 10.0. The Morgan fingerprint density at radius 3 is 1.38 bits per heavy atom. The number of hydrogen-bond acceptors (Lipinski definition) is 0. The molecule has 0 amide bonds. The second-order valence-corrected chi connectivity index (χ2v) is 4.35. The molecule has 0 aliphatic rings. The van der Waals surface area contributed by atoms with Crippen LogP contribution in [0.2, 0.25) is 0 Å². The summed E-state index contributed by atoms with van der Waals surface area (Å²) in [6.07, 6.45) is 2.27. The third kappa shape index (κ3) is 2.52. The second-order valence-electron chi connectivity index (χ2n) is 4.35. The molecule has 16 heavy (non-hydrogen) atoms. The molecule has 0 fully saturated rings. The standard InChI is InChI=1S/C16H18/c1-13-7-3-5-9-15(13)11-12-16-10-6-4-8-14(16)2/h3-10H,11-12H2,1-2H3. The molecule has 0 saturated heterocycles. The van der Waals surface area contributed by atoms with E-state index in [-0.39, 0.29) is 0 Å². The molecule has 82 valence electrons. The summed E-state index contributed by atoms with van der Waals surface area (Å²) in [6.45, 7) is 4.38. The van der Waals surface area contributed by atoms with E-state index in [0.29, 0.717) is 0 Å². The maximum atomic E-state index is 2.23. The summed E-state index contributed by atoms with van der Waals surface area (Å²) in [4.78, 5) is 0. The van der Waals surface area contributed by atoms with Crippen molar-refractivity contribution in [3.05, 3.63) is 70.8 Å². The van der Waals surface area contributed by atoms with Gasteiger partial charge in [0.1, 0.15) is 0 Å². The molecular weight excluding hydrogens is 192 g/mol. The van der Waals surface area contributed by atoms with Crippen LogP contribution in [-0.4, -0.2) is 0 Å². The van der Waals surface area contributed by atoms with Gasteiger partial charge in [-0.15, -0.1) is 0 Å². The lowest BCUT2D eigenvalue weighted by Crippen LogP contribution is -1.95. The van der Waals surface area contributed by atoms with E-state index in [4.69, 9.17) is 0 Å². The van der Waals surface area contributed by atoms with Crippen LogP contribution in [0.15, 0.2) is 48.5 Å². The van der Waals surface area contributed by atoms with Gasteiger partial charge >= 0.3 is 0 Å². The molecular formula is C16H18. The van der Waals surface area contributed by atoms with Gasteiger partial charge in [-0.1, -0.05) is 48.5 Å². The molecule has 0 aliphatic carbocycles. The monoisotopic (exact) mass is 210 g/mol. The molecule has 2 aromatic carbocycles.